The Morgan fingerprint density at radius 2 is 0.588 bits per heavy atom. The second-order valence-electron chi connectivity index (χ2n) is 29.6. The third-order valence-electron chi connectivity index (χ3n) is 20.9. The van der Waals surface area contributed by atoms with E-state index in [-0.39, 0.29) is 18.9 Å². The molecule has 0 radical (unpaired) electrons. The molecule has 97 heavy (non-hydrogen) atoms. The molecule has 0 aromatic rings. The first kappa shape index (κ1) is 90.0. The Bertz CT molecular complexity index is 1760. The minimum absolute atomic E-state index is 0.232. The molecule has 576 valence electrons. The number of amides is 1. The maximum absolute atomic E-state index is 13.5. The third kappa shape index (κ3) is 40.6. The lowest BCUT2D eigenvalue weighted by Gasteiger charge is -2.48. The normalized spacial score (nSPS) is 26.8. The molecule has 3 aliphatic rings. The zero-order valence-electron chi connectivity index (χ0n) is 61.6. The molecule has 12 N–H and O–H groups in total. The first-order chi connectivity index (χ1) is 47.3. The smallest absolute Gasteiger partial charge is 0.220 e. The summed E-state index contributed by atoms with van der Waals surface area (Å²) in [6.45, 7) is 1.88. The monoisotopic (exact) mass is 1390 g/mol. The highest BCUT2D eigenvalue weighted by Crippen LogP contribution is 2.33. The van der Waals surface area contributed by atoms with Crippen LogP contribution in [0, 0.1) is 0 Å². The van der Waals surface area contributed by atoms with Gasteiger partial charge in [-0.2, -0.15) is 0 Å². The first-order valence-electron chi connectivity index (χ1n) is 40.8. The van der Waals surface area contributed by atoms with Crippen LogP contribution in [0.1, 0.15) is 361 Å². The number of hydrogen-bond donors (Lipinski definition) is 12. The Morgan fingerprint density at radius 1 is 0.330 bits per heavy atom. The Morgan fingerprint density at radius 3 is 0.897 bits per heavy atom. The minimum atomic E-state index is -1.97. The van der Waals surface area contributed by atoms with Crippen LogP contribution in [-0.2, 0) is 33.2 Å². The Balaban J connectivity index is 1.36. The zero-order valence-corrected chi connectivity index (χ0v) is 61.6. The molecule has 0 aliphatic carbocycles. The Kier molecular flexibility index (Phi) is 55.8. The summed E-state index contributed by atoms with van der Waals surface area (Å²) in [4.78, 5) is 13.5. The van der Waals surface area contributed by atoms with Crippen molar-refractivity contribution in [3.05, 3.63) is 0 Å². The lowest BCUT2D eigenvalue weighted by Crippen LogP contribution is -2.66. The van der Waals surface area contributed by atoms with Gasteiger partial charge in [0.05, 0.1) is 38.6 Å². The highest BCUT2D eigenvalue weighted by atomic mass is 16.8. The standard InChI is InChI=1S/C78H151NO18/c1-3-5-7-9-11-13-15-17-19-21-23-25-27-29-30-31-32-34-36-38-40-42-44-46-48-50-52-54-56-66(84)79-61(62(83)55-53-51-49-47-45-43-41-39-37-35-33-28-26-24-22-20-18-16-14-12-10-8-6-4-2)60-92-76-72(90)69(87)74(64(58-81)94-76)97-78-73(91)70(88)75(65(59-82)95-78)96-77-71(89)68(86)67(85)63(57-80)93-77/h61-65,67-78,80-83,85-91H,3-60H2,1-2H3,(H,79,84). The summed E-state index contributed by atoms with van der Waals surface area (Å²) in [6, 6.07) is -0.883. The van der Waals surface area contributed by atoms with Crippen molar-refractivity contribution in [1.29, 1.82) is 0 Å². The quantitative estimate of drug-likeness (QED) is 0.0252. The van der Waals surface area contributed by atoms with Gasteiger partial charge in [-0.1, -0.05) is 341 Å². The molecule has 17 unspecified atom stereocenters. The van der Waals surface area contributed by atoms with E-state index in [9.17, 15) is 61.0 Å². The Hall–Kier alpha value is -1.21. The maximum atomic E-state index is 13.5. The lowest BCUT2D eigenvalue weighted by molar-refractivity contribution is -0.379. The van der Waals surface area contributed by atoms with Gasteiger partial charge < -0.3 is 89.9 Å². The molecule has 0 aromatic carbocycles. The first-order valence-corrected chi connectivity index (χ1v) is 40.8. The van der Waals surface area contributed by atoms with Gasteiger partial charge in [0.1, 0.15) is 73.2 Å². The summed E-state index contributed by atoms with van der Waals surface area (Å²) < 4.78 is 34.5. The predicted octanol–water partition coefficient (Wildman–Crippen LogP) is 13.4. The summed E-state index contributed by atoms with van der Waals surface area (Å²) in [5.74, 6) is -0.232. The average molecular weight is 1390 g/mol. The second kappa shape index (κ2) is 60.1. The number of aliphatic hydroxyl groups excluding tert-OH is 11. The van der Waals surface area contributed by atoms with Gasteiger partial charge in [0.15, 0.2) is 18.9 Å². The number of ether oxygens (including phenoxy) is 6. The molecule has 3 aliphatic heterocycles. The van der Waals surface area contributed by atoms with E-state index >= 15 is 0 Å². The van der Waals surface area contributed by atoms with Crippen molar-refractivity contribution < 1.29 is 89.4 Å². The van der Waals surface area contributed by atoms with Crippen molar-refractivity contribution in [3.8, 4) is 0 Å². The number of carbonyl (C=O) groups is 1. The molecule has 1 amide bonds. The molecule has 0 spiro atoms. The van der Waals surface area contributed by atoms with Gasteiger partial charge in [-0.15, -0.1) is 0 Å². The van der Waals surface area contributed by atoms with Crippen LogP contribution in [0.15, 0.2) is 0 Å². The van der Waals surface area contributed by atoms with Crippen molar-refractivity contribution in [1.82, 2.24) is 5.32 Å². The molecular formula is C78H151NO18. The molecular weight excluding hydrogens is 1240 g/mol. The van der Waals surface area contributed by atoms with Crippen LogP contribution >= 0.6 is 0 Å². The summed E-state index contributed by atoms with van der Waals surface area (Å²) in [5, 5.41) is 121. The van der Waals surface area contributed by atoms with E-state index in [1.165, 1.54) is 283 Å². The van der Waals surface area contributed by atoms with Gasteiger partial charge in [-0.05, 0) is 12.8 Å². The van der Waals surface area contributed by atoms with Crippen molar-refractivity contribution in [2.45, 2.75) is 465 Å². The Labute approximate surface area is 589 Å². The summed E-state index contributed by atoms with van der Waals surface area (Å²) >= 11 is 0. The summed E-state index contributed by atoms with van der Waals surface area (Å²) in [6.07, 6.45) is 41.9. The largest absolute Gasteiger partial charge is 0.394 e. The number of aliphatic hydroxyl groups is 11. The third-order valence-corrected chi connectivity index (χ3v) is 20.9. The fraction of sp³-hybridized carbons (Fsp3) is 0.987. The average Bonchev–Trinajstić information content (AvgIpc) is 0.791. The van der Waals surface area contributed by atoms with Crippen molar-refractivity contribution >= 4 is 5.91 Å². The number of nitrogens with one attached hydrogen (secondary N) is 1. The van der Waals surface area contributed by atoms with E-state index in [1.807, 2.05) is 0 Å². The van der Waals surface area contributed by atoms with E-state index < -0.39 is 124 Å². The molecule has 0 aromatic heterocycles. The maximum Gasteiger partial charge on any atom is 0.220 e. The zero-order chi connectivity index (χ0) is 70.4. The molecule has 0 saturated carbocycles. The van der Waals surface area contributed by atoms with Crippen LogP contribution in [0.25, 0.3) is 0 Å². The number of carbonyl (C=O) groups excluding carboxylic acids is 1. The molecule has 17 atom stereocenters. The van der Waals surface area contributed by atoms with Crippen LogP contribution in [0.5, 0.6) is 0 Å². The van der Waals surface area contributed by atoms with E-state index in [1.54, 1.807) is 0 Å². The van der Waals surface area contributed by atoms with Crippen LogP contribution in [0.2, 0.25) is 0 Å². The molecule has 3 saturated heterocycles. The van der Waals surface area contributed by atoms with Gasteiger partial charge in [0.25, 0.3) is 0 Å². The van der Waals surface area contributed by atoms with E-state index in [0.717, 1.165) is 44.9 Å². The minimum Gasteiger partial charge on any atom is -0.394 e. The fourth-order valence-corrected chi connectivity index (χ4v) is 14.4. The van der Waals surface area contributed by atoms with Crippen LogP contribution < -0.4 is 5.32 Å². The molecule has 3 rings (SSSR count). The summed E-state index contributed by atoms with van der Waals surface area (Å²) in [5.41, 5.74) is 0. The van der Waals surface area contributed by atoms with Gasteiger partial charge in [-0.25, -0.2) is 0 Å². The van der Waals surface area contributed by atoms with Crippen molar-refractivity contribution in [2.24, 2.45) is 0 Å². The molecule has 19 heteroatoms. The van der Waals surface area contributed by atoms with Crippen LogP contribution in [0.3, 0.4) is 0 Å². The second-order valence-corrected chi connectivity index (χ2v) is 29.6. The number of hydrogen-bond acceptors (Lipinski definition) is 18. The summed E-state index contributed by atoms with van der Waals surface area (Å²) in [7, 11) is 0. The number of unbranched alkanes of at least 4 members (excludes halogenated alkanes) is 50. The van der Waals surface area contributed by atoms with Crippen molar-refractivity contribution in [2.75, 3.05) is 26.4 Å². The van der Waals surface area contributed by atoms with E-state index in [4.69, 9.17) is 28.4 Å². The fourth-order valence-electron chi connectivity index (χ4n) is 14.4. The van der Waals surface area contributed by atoms with Gasteiger partial charge in [-0.3, -0.25) is 4.79 Å². The van der Waals surface area contributed by atoms with E-state index in [2.05, 4.69) is 19.2 Å². The van der Waals surface area contributed by atoms with Crippen LogP contribution in [-0.4, -0.2) is 193 Å². The topological polar surface area (TPSA) is 307 Å². The molecule has 19 nitrogen and oxygen atoms in total. The van der Waals surface area contributed by atoms with Crippen molar-refractivity contribution in [3.63, 3.8) is 0 Å². The highest BCUT2D eigenvalue weighted by molar-refractivity contribution is 5.76. The van der Waals surface area contributed by atoms with Crippen LogP contribution in [0.4, 0.5) is 0 Å². The lowest BCUT2D eigenvalue weighted by atomic mass is 9.96. The van der Waals surface area contributed by atoms with E-state index in [0.29, 0.717) is 12.8 Å². The predicted molar refractivity (Wildman–Crippen MR) is 384 cm³/mol. The number of rotatable bonds is 66. The molecule has 3 fully saturated rings. The SMILES string of the molecule is CCCCCCCCCCCCCCCCCCCCCCCCCCCCCCC(=O)NC(COC1OC(CO)C(OC2OC(CO)C(OC3OC(CO)C(O)C(O)C3O)C(O)C2O)C(O)C1O)C(O)CCCCCCCCCCCCCCCCCCCCCCCCCC. The highest BCUT2D eigenvalue weighted by Gasteiger charge is 2.54. The molecule has 3 heterocycles. The van der Waals surface area contributed by atoms with Gasteiger partial charge >= 0.3 is 0 Å². The van der Waals surface area contributed by atoms with Gasteiger partial charge in [0.2, 0.25) is 5.91 Å². The molecule has 0 bridgehead atoms. The van der Waals surface area contributed by atoms with Gasteiger partial charge in [0, 0.05) is 6.42 Å².